The highest BCUT2D eigenvalue weighted by molar-refractivity contribution is 5.96. The van der Waals surface area contributed by atoms with Crippen molar-refractivity contribution in [2.45, 2.75) is 25.4 Å². The van der Waals surface area contributed by atoms with Gasteiger partial charge in [-0.3, -0.25) is 9.89 Å². The minimum atomic E-state index is -0.731. The van der Waals surface area contributed by atoms with Crippen LogP contribution in [0, 0.1) is 5.82 Å². The van der Waals surface area contributed by atoms with E-state index in [1.54, 1.807) is 6.07 Å². The van der Waals surface area contributed by atoms with Gasteiger partial charge in [-0.1, -0.05) is 48.5 Å². The second-order valence-corrected chi connectivity index (χ2v) is 11.6. The maximum Gasteiger partial charge on any atom is 0.328 e. The molecule has 0 amide bonds. The number of methoxy groups -OCH3 is 1. The SMILES string of the molecule is COC(=O)[C@H](Cc1ccccc1)Nc1nc(NCC2=Nc3cc(F)ccc3C2)nc(Nc2cccc(CN3CCN(C)CC3)c2)n1. The maximum absolute atomic E-state index is 13.7. The molecule has 0 radical (unpaired) electrons. The number of hydrogen-bond acceptors (Lipinski definition) is 11. The number of likely N-dealkylation sites (N-methyl/N-ethyl adjacent to an activating group) is 1. The largest absolute Gasteiger partial charge is 0.467 e. The van der Waals surface area contributed by atoms with Crippen LogP contribution in [0.2, 0.25) is 0 Å². The molecule has 3 N–H and O–H groups in total. The zero-order valence-electron chi connectivity index (χ0n) is 26.0. The number of fused-ring (bicyclic) bond motifs is 1. The van der Waals surface area contributed by atoms with E-state index < -0.39 is 12.0 Å². The summed E-state index contributed by atoms with van der Waals surface area (Å²) >= 11 is 0. The average molecular weight is 624 g/mol. The van der Waals surface area contributed by atoms with Gasteiger partial charge in [0.2, 0.25) is 17.8 Å². The minimum absolute atomic E-state index is 0.207. The summed E-state index contributed by atoms with van der Waals surface area (Å²) in [5, 5.41) is 9.73. The van der Waals surface area contributed by atoms with Gasteiger partial charge in [-0.15, -0.1) is 0 Å². The van der Waals surface area contributed by atoms with Gasteiger partial charge in [0, 0.05) is 57.0 Å². The van der Waals surface area contributed by atoms with Crippen molar-refractivity contribution >= 4 is 40.9 Å². The molecular weight excluding hydrogens is 585 g/mol. The monoisotopic (exact) mass is 623 g/mol. The number of aliphatic imine (C=N–C) groups is 1. The smallest absolute Gasteiger partial charge is 0.328 e. The Morgan fingerprint density at radius 1 is 0.913 bits per heavy atom. The van der Waals surface area contributed by atoms with E-state index in [2.05, 4.69) is 64.9 Å². The predicted octanol–water partition coefficient (Wildman–Crippen LogP) is 4.44. The summed E-state index contributed by atoms with van der Waals surface area (Å²) in [4.78, 5) is 36.0. The van der Waals surface area contributed by atoms with Crippen LogP contribution in [0.15, 0.2) is 77.8 Å². The van der Waals surface area contributed by atoms with Crippen LogP contribution >= 0.6 is 0 Å². The van der Waals surface area contributed by atoms with Crippen molar-refractivity contribution in [1.82, 2.24) is 24.8 Å². The van der Waals surface area contributed by atoms with E-state index >= 15 is 0 Å². The molecule has 3 aromatic carbocycles. The quantitative estimate of drug-likeness (QED) is 0.196. The summed E-state index contributed by atoms with van der Waals surface area (Å²) in [6, 6.07) is 21.8. The Balaban J connectivity index is 1.22. The van der Waals surface area contributed by atoms with Gasteiger partial charge in [0.25, 0.3) is 0 Å². The molecule has 2 aliphatic rings. The van der Waals surface area contributed by atoms with Crippen molar-refractivity contribution in [2.75, 3.05) is 62.8 Å². The molecular formula is C34H38FN9O2. The number of benzene rings is 3. The van der Waals surface area contributed by atoms with Gasteiger partial charge in [-0.25, -0.2) is 9.18 Å². The zero-order chi connectivity index (χ0) is 31.9. The molecule has 4 aromatic rings. The number of aromatic nitrogens is 3. The Labute approximate surface area is 267 Å². The number of nitrogens with one attached hydrogen (secondary N) is 3. The average Bonchev–Trinajstić information content (AvgIpc) is 3.47. The second-order valence-electron chi connectivity index (χ2n) is 11.6. The Morgan fingerprint density at radius 2 is 1.67 bits per heavy atom. The Bertz CT molecular complexity index is 1690. The molecule has 0 spiro atoms. The third kappa shape index (κ3) is 8.20. The van der Waals surface area contributed by atoms with Gasteiger partial charge >= 0.3 is 5.97 Å². The first-order valence-corrected chi connectivity index (χ1v) is 15.4. The fourth-order valence-electron chi connectivity index (χ4n) is 5.56. The Kier molecular flexibility index (Phi) is 9.75. The van der Waals surface area contributed by atoms with Crippen LogP contribution in [-0.4, -0.2) is 89.4 Å². The molecule has 11 nitrogen and oxygen atoms in total. The zero-order valence-corrected chi connectivity index (χ0v) is 26.0. The van der Waals surface area contributed by atoms with Crippen LogP contribution in [0.1, 0.15) is 16.7 Å². The summed E-state index contributed by atoms with van der Waals surface area (Å²) < 4.78 is 18.8. The number of carbonyl (C=O) groups is 1. The summed E-state index contributed by atoms with van der Waals surface area (Å²) in [7, 11) is 3.51. The number of piperazine rings is 1. The van der Waals surface area contributed by atoms with E-state index in [1.165, 1.54) is 24.8 Å². The van der Waals surface area contributed by atoms with Crippen molar-refractivity contribution < 1.29 is 13.9 Å². The highest BCUT2D eigenvalue weighted by atomic mass is 19.1. The highest BCUT2D eigenvalue weighted by Crippen LogP contribution is 2.27. The van der Waals surface area contributed by atoms with E-state index in [4.69, 9.17) is 4.74 Å². The molecule has 1 fully saturated rings. The lowest BCUT2D eigenvalue weighted by molar-refractivity contribution is -0.141. The number of ether oxygens (including phenoxy) is 1. The molecule has 2 aliphatic heterocycles. The van der Waals surface area contributed by atoms with Gasteiger partial charge in [0.15, 0.2) is 0 Å². The standard InChI is InChI=1S/C34H38FN9O2/c1-43-13-15-44(16-14-43)22-24-9-6-10-27(17-24)38-33-40-32(36-21-28-19-25-11-12-26(35)20-29(25)37-28)41-34(42-33)39-30(31(45)46-2)18-23-7-4-3-5-8-23/h3-12,17,20,30H,13-16,18-19,21-22H2,1-2H3,(H3,36,38,39,40,41,42)/t30-/m0/s1. The Morgan fingerprint density at radius 3 is 2.48 bits per heavy atom. The van der Waals surface area contributed by atoms with Crippen molar-refractivity contribution in [1.29, 1.82) is 0 Å². The molecule has 1 saturated heterocycles. The molecule has 1 aromatic heterocycles. The molecule has 3 heterocycles. The van der Waals surface area contributed by atoms with Gasteiger partial charge in [-0.05, 0) is 48.0 Å². The normalized spacial score (nSPS) is 15.5. The van der Waals surface area contributed by atoms with Gasteiger partial charge in [0.05, 0.1) is 19.3 Å². The maximum atomic E-state index is 13.7. The van der Waals surface area contributed by atoms with E-state index in [0.717, 1.165) is 55.2 Å². The summed E-state index contributed by atoms with van der Waals surface area (Å²) in [5.41, 5.74) is 5.42. The molecule has 238 valence electrons. The first-order chi connectivity index (χ1) is 22.4. The topological polar surface area (TPSA) is 120 Å². The third-order valence-electron chi connectivity index (χ3n) is 8.06. The van der Waals surface area contributed by atoms with E-state index in [9.17, 15) is 9.18 Å². The van der Waals surface area contributed by atoms with Crippen LogP contribution in [0.5, 0.6) is 0 Å². The number of rotatable bonds is 12. The molecule has 0 aliphatic carbocycles. The van der Waals surface area contributed by atoms with Crippen molar-refractivity contribution in [3.63, 3.8) is 0 Å². The molecule has 0 bridgehead atoms. The number of halogens is 1. The molecule has 12 heteroatoms. The first kappa shape index (κ1) is 31.1. The number of carbonyl (C=O) groups excluding carboxylic acids is 1. The lowest BCUT2D eigenvalue weighted by Crippen LogP contribution is -2.43. The number of hydrogen-bond donors (Lipinski definition) is 3. The third-order valence-corrected chi connectivity index (χ3v) is 8.06. The second kappa shape index (κ2) is 14.4. The molecule has 6 rings (SSSR count). The van der Waals surface area contributed by atoms with Crippen LogP contribution in [0.4, 0.5) is 33.6 Å². The van der Waals surface area contributed by atoms with Crippen LogP contribution in [0.3, 0.4) is 0 Å². The molecule has 46 heavy (non-hydrogen) atoms. The van der Waals surface area contributed by atoms with Crippen molar-refractivity contribution in [2.24, 2.45) is 4.99 Å². The summed E-state index contributed by atoms with van der Waals surface area (Å²) in [6.07, 6.45) is 0.982. The van der Waals surface area contributed by atoms with Gasteiger partial charge in [-0.2, -0.15) is 15.0 Å². The number of anilines is 4. The molecule has 1 atom stereocenters. The van der Waals surface area contributed by atoms with Crippen molar-refractivity contribution in [3.8, 4) is 0 Å². The van der Waals surface area contributed by atoms with E-state index in [-0.39, 0.29) is 11.8 Å². The fourth-order valence-corrected chi connectivity index (χ4v) is 5.56. The lowest BCUT2D eigenvalue weighted by atomic mass is 10.1. The number of nitrogens with zero attached hydrogens (tertiary/aromatic N) is 6. The first-order valence-electron chi connectivity index (χ1n) is 15.4. The summed E-state index contributed by atoms with van der Waals surface area (Å²) in [6.45, 7) is 5.38. The van der Waals surface area contributed by atoms with E-state index in [1.807, 2.05) is 42.5 Å². The molecule has 0 unspecified atom stereocenters. The summed E-state index contributed by atoms with van der Waals surface area (Å²) in [5.74, 6) is 0.0539. The van der Waals surface area contributed by atoms with E-state index in [0.29, 0.717) is 37.0 Å². The van der Waals surface area contributed by atoms with Crippen molar-refractivity contribution in [3.05, 3.63) is 95.3 Å². The predicted molar refractivity (Wildman–Crippen MR) is 178 cm³/mol. The van der Waals surface area contributed by atoms with Gasteiger partial charge in [0.1, 0.15) is 11.9 Å². The van der Waals surface area contributed by atoms with Crippen LogP contribution < -0.4 is 16.0 Å². The molecule has 0 saturated carbocycles. The minimum Gasteiger partial charge on any atom is -0.467 e. The van der Waals surface area contributed by atoms with Gasteiger partial charge < -0.3 is 25.6 Å². The highest BCUT2D eigenvalue weighted by Gasteiger charge is 2.22. The van der Waals surface area contributed by atoms with Crippen LogP contribution in [-0.2, 0) is 28.9 Å². The number of esters is 1. The fraction of sp³-hybridized carbons (Fsp3) is 0.324. The lowest BCUT2D eigenvalue weighted by Gasteiger charge is -2.32. The van der Waals surface area contributed by atoms with Crippen LogP contribution in [0.25, 0.3) is 0 Å². The Hall–Kier alpha value is -4.94.